The van der Waals surface area contributed by atoms with Gasteiger partial charge in [-0.2, -0.15) is 0 Å². The highest BCUT2D eigenvalue weighted by molar-refractivity contribution is 8.13. The number of thioether (sulfide) groups is 1. The van der Waals surface area contributed by atoms with E-state index in [-0.39, 0.29) is 11.0 Å². The summed E-state index contributed by atoms with van der Waals surface area (Å²) in [4.78, 5) is 23.2. The first-order valence-corrected chi connectivity index (χ1v) is 5.44. The zero-order valence-electron chi connectivity index (χ0n) is 8.69. The van der Waals surface area contributed by atoms with Gasteiger partial charge in [0.25, 0.3) is 0 Å². The van der Waals surface area contributed by atoms with Crippen LogP contribution in [0.15, 0.2) is 29.2 Å². The average Bonchev–Trinajstić information content (AvgIpc) is 2.18. The van der Waals surface area contributed by atoms with E-state index in [1.165, 1.54) is 0 Å². The number of hydrogen-bond donors (Lipinski definition) is 1. The van der Waals surface area contributed by atoms with Crippen LogP contribution in [-0.4, -0.2) is 11.0 Å². The molecule has 0 aliphatic carbocycles. The number of amides is 1. The molecule has 0 fully saturated rings. The fourth-order valence-corrected chi connectivity index (χ4v) is 1.86. The van der Waals surface area contributed by atoms with E-state index in [1.54, 1.807) is 24.3 Å². The van der Waals surface area contributed by atoms with Gasteiger partial charge in [-0.1, -0.05) is 37.7 Å². The summed E-state index contributed by atoms with van der Waals surface area (Å²) in [5.41, 5.74) is 5.60. The maximum absolute atomic E-state index is 11.5. The minimum Gasteiger partial charge on any atom is -0.366 e. The van der Waals surface area contributed by atoms with Crippen molar-refractivity contribution in [2.24, 2.45) is 11.7 Å². The number of nitrogens with two attached hydrogens (primary N) is 1. The molecule has 4 heteroatoms. The first-order valence-electron chi connectivity index (χ1n) is 4.63. The number of rotatable bonds is 3. The van der Waals surface area contributed by atoms with Crippen LogP contribution in [0, 0.1) is 5.92 Å². The van der Waals surface area contributed by atoms with Gasteiger partial charge in [0, 0.05) is 10.8 Å². The molecule has 0 aromatic heterocycles. The lowest BCUT2D eigenvalue weighted by atomic mass is 10.2. The van der Waals surface area contributed by atoms with Crippen molar-refractivity contribution in [3.05, 3.63) is 29.8 Å². The Kier molecular flexibility index (Phi) is 3.91. The highest BCUT2D eigenvalue weighted by atomic mass is 32.2. The SMILES string of the molecule is CC(C)C(=O)Sc1ccccc1C(N)=O. The van der Waals surface area contributed by atoms with E-state index in [0.29, 0.717) is 10.5 Å². The second-order valence-corrected chi connectivity index (χ2v) is 4.48. The van der Waals surface area contributed by atoms with Gasteiger partial charge in [-0.25, -0.2) is 0 Å². The molecule has 0 radical (unpaired) electrons. The quantitative estimate of drug-likeness (QED) is 0.798. The summed E-state index contributed by atoms with van der Waals surface area (Å²) >= 11 is 1.07. The van der Waals surface area contributed by atoms with Crippen LogP contribution < -0.4 is 5.73 Å². The number of benzene rings is 1. The van der Waals surface area contributed by atoms with Gasteiger partial charge in [0.05, 0.1) is 5.56 Å². The lowest BCUT2D eigenvalue weighted by molar-refractivity contribution is -0.113. The van der Waals surface area contributed by atoms with Gasteiger partial charge in [0.15, 0.2) is 5.12 Å². The molecule has 1 amide bonds. The van der Waals surface area contributed by atoms with Crippen molar-refractivity contribution in [2.75, 3.05) is 0 Å². The first-order chi connectivity index (χ1) is 7.02. The van der Waals surface area contributed by atoms with Crippen LogP contribution in [0.3, 0.4) is 0 Å². The summed E-state index contributed by atoms with van der Waals surface area (Å²) < 4.78 is 0. The molecular weight excluding hydrogens is 210 g/mol. The van der Waals surface area contributed by atoms with Crippen LogP contribution in [0.25, 0.3) is 0 Å². The first kappa shape index (κ1) is 11.8. The van der Waals surface area contributed by atoms with Crippen molar-refractivity contribution >= 4 is 22.8 Å². The van der Waals surface area contributed by atoms with Crippen LogP contribution in [0.5, 0.6) is 0 Å². The van der Waals surface area contributed by atoms with Gasteiger partial charge in [0.2, 0.25) is 5.91 Å². The van der Waals surface area contributed by atoms with Crippen molar-refractivity contribution in [2.45, 2.75) is 18.7 Å². The Hall–Kier alpha value is -1.29. The van der Waals surface area contributed by atoms with Crippen molar-refractivity contribution in [3.63, 3.8) is 0 Å². The van der Waals surface area contributed by atoms with Crippen LogP contribution in [0.2, 0.25) is 0 Å². The van der Waals surface area contributed by atoms with Crippen LogP contribution in [-0.2, 0) is 4.79 Å². The predicted octanol–water partition coefficient (Wildman–Crippen LogP) is 2.06. The molecule has 0 heterocycles. The lowest BCUT2D eigenvalue weighted by Crippen LogP contribution is -2.13. The molecule has 15 heavy (non-hydrogen) atoms. The second kappa shape index (κ2) is 4.98. The standard InChI is InChI=1S/C11H13NO2S/c1-7(2)11(14)15-9-6-4-3-5-8(9)10(12)13/h3-7H,1-2H3,(H2,12,13). The van der Waals surface area contributed by atoms with Gasteiger partial charge in [-0.3, -0.25) is 9.59 Å². The van der Waals surface area contributed by atoms with Gasteiger partial charge < -0.3 is 5.73 Å². The fraction of sp³-hybridized carbons (Fsp3) is 0.273. The van der Waals surface area contributed by atoms with E-state index in [1.807, 2.05) is 13.8 Å². The fourth-order valence-electron chi connectivity index (χ4n) is 0.985. The molecule has 0 aliphatic rings. The number of hydrogen-bond acceptors (Lipinski definition) is 3. The van der Waals surface area contributed by atoms with Gasteiger partial charge >= 0.3 is 0 Å². The maximum atomic E-state index is 11.5. The number of carbonyl (C=O) groups excluding carboxylic acids is 2. The average molecular weight is 223 g/mol. The third kappa shape index (κ3) is 3.09. The summed E-state index contributed by atoms with van der Waals surface area (Å²) in [7, 11) is 0. The number of carbonyl (C=O) groups is 2. The van der Waals surface area contributed by atoms with Crippen LogP contribution in [0.4, 0.5) is 0 Å². The van der Waals surface area contributed by atoms with E-state index < -0.39 is 5.91 Å². The van der Waals surface area contributed by atoms with Crippen LogP contribution >= 0.6 is 11.8 Å². The molecule has 0 atom stereocenters. The smallest absolute Gasteiger partial charge is 0.249 e. The largest absolute Gasteiger partial charge is 0.366 e. The molecule has 1 rings (SSSR count). The second-order valence-electron chi connectivity index (χ2n) is 3.44. The molecule has 80 valence electrons. The zero-order valence-corrected chi connectivity index (χ0v) is 9.51. The molecule has 1 aromatic carbocycles. The molecule has 0 bridgehead atoms. The van der Waals surface area contributed by atoms with Crippen LogP contribution in [0.1, 0.15) is 24.2 Å². The monoisotopic (exact) mass is 223 g/mol. The Morgan fingerprint density at radius 3 is 2.40 bits per heavy atom. The molecule has 0 saturated carbocycles. The summed E-state index contributed by atoms with van der Waals surface area (Å²) in [6.07, 6.45) is 0. The van der Waals surface area contributed by atoms with Crippen molar-refractivity contribution in [1.82, 2.24) is 0 Å². The molecule has 1 aromatic rings. The van der Waals surface area contributed by atoms with Gasteiger partial charge in [-0.15, -0.1) is 0 Å². The lowest BCUT2D eigenvalue weighted by Gasteiger charge is -2.06. The third-order valence-corrected chi connectivity index (χ3v) is 3.08. The van der Waals surface area contributed by atoms with E-state index in [0.717, 1.165) is 11.8 Å². The minimum absolute atomic E-state index is 0.0312. The summed E-state index contributed by atoms with van der Waals surface area (Å²) in [5, 5.41) is 0.0312. The van der Waals surface area contributed by atoms with E-state index >= 15 is 0 Å². The van der Waals surface area contributed by atoms with E-state index in [9.17, 15) is 9.59 Å². The Balaban J connectivity index is 2.94. The molecule has 0 spiro atoms. The predicted molar refractivity (Wildman–Crippen MR) is 60.7 cm³/mol. The molecule has 0 saturated heterocycles. The Morgan fingerprint density at radius 1 is 1.27 bits per heavy atom. The highest BCUT2D eigenvalue weighted by Crippen LogP contribution is 2.25. The highest BCUT2D eigenvalue weighted by Gasteiger charge is 2.14. The van der Waals surface area contributed by atoms with E-state index in [2.05, 4.69) is 0 Å². The zero-order chi connectivity index (χ0) is 11.4. The van der Waals surface area contributed by atoms with Crippen molar-refractivity contribution in [1.29, 1.82) is 0 Å². The molecule has 0 aliphatic heterocycles. The van der Waals surface area contributed by atoms with Gasteiger partial charge in [-0.05, 0) is 12.1 Å². The Bertz CT molecular complexity index is 388. The Morgan fingerprint density at radius 2 is 1.87 bits per heavy atom. The summed E-state index contributed by atoms with van der Waals surface area (Å²) in [6.45, 7) is 3.64. The topological polar surface area (TPSA) is 60.2 Å². The summed E-state index contributed by atoms with van der Waals surface area (Å²) in [6, 6.07) is 6.86. The van der Waals surface area contributed by atoms with E-state index in [4.69, 9.17) is 5.73 Å². The number of primary amides is 1. The third-order valence-electron chi connectivity index (χ3n) is 1.83. The minimum atomic E-state index is -0.505. The molecule has 2 N–H and O–H groups in total. The van der Waals surface area contributed by atoms with Gasteiger partial charge in [0.1, 0.15) is 0 Å². The molecular formula is C11H13NO2S. The van der Waals surface area contributed by atoms with Crippen molar-refractivity contribution < 1.29 is 9.59 Å². The Labute approximate surface area is 93.0 Å². The maximum Gasteiger partial charge on any atom is 0.249 e. The molecule has 0 unspecified atom stereocenters. The summed E-state index contributed by atoms with van der Waals surface area (Å²) in [5.74, 6) is -0.564. The molecule has 3 nitrogen and oxygen atoms in total. The van der Waals surface area contributed by atoms with Crippen molar-refractivity contribution in [3.8, 4) is 0 Å². The normalized spacial score (nSPS) is 10.3.